The van der Waals surface area contributed by atoms with E-state index in [1.54, 1.807) is 0 Å². The minimum absolute atomic E-state index is 0.662. The number of carboxylic acid groups (broad SMARTS) is 1. The van der Waals surface area contributed by atoms with Crippen molar-refractivity contribution in [1.82, 2.24) is 5.32 Å². The predicted octanol–water partition coefficient (Wildman–Crippen LogP) is -1.21. The van der Waals surface area contributed by atoms with Gasteiger partial charge in [0.05, 0.1) is 13.7 Å². The van der Waals surface area contributed by atoms with E-state index in [0.29, 0.717) is 0 Å². The molecule has 0 unspecified atom stereocenters. The van der Waals surface area contributed by atoms with Crippen molar-refractivity contribution in [3.63, 3.8) is 0 Å². The SMILES string of the molecule is COC(=O)N[C@H](CO)C(=O)O. The maximum atomic E-state index is 10.4. The van der Waals surface area contributed by atoms with E-state index in [-0.39, 0.29) is 0 Å². The molecule has 0 saturated heterocycles. The Kier molecular flexibility index (Phi) is 3.97. The van der Waals surface area contributed by atoms with Crippen LogP contribution in [0.25, 0.3) is 0 Å². The summed E-state index contributed by atoms with van der Waals surface area (Å²) < 4.78 is 4.11. The van der Waals surface area contributed by atoms with Crippen LogP contribution >= 0.6 is 0 Å². The lowest BCUT2D eigenvalue weighted by Gasteiger charge is -2.09. The molecule has 1 amide bonds. The van der Waals surface area contributed by atoms with Gasteiger partial charge in [-0.15, -0.1) is 0 Å². The minimum Gasteiger partial charge on any atom is -0.480 e. The van der Waals surface area contributed by atoms with Gasteiger partial charge in [0, 0.05) is 0 Å². The third-order valence-corrected chi connectivity index (χ3v) is 0.958. The van der Waals surface area contributed by atoms with E-state index in [4.69, 9.17) is 10.2 Å². The van der Waals surface area contributed by atoms with Gasteiger partial charge in [-0.1, -0.05) is 0 Å². The lowest BCUT2D eigenvalue weighted by atomic mass is 10.3. The molecule has 0 aliphatic heterocycles. The number of carbonyl (C=O) groups is 2. The smallest absolute Gasteiger partial charge is 0.407 e. The Morgan fingerprint density at radius 3 is 2.45 bits per heavy atom. The molecule has 0 radical (unpaired) electrons. The van der Waals surface area contributed by atoms with Crippen LogP contribution in [0.15, 0.2) is 0 Å². The molecular weight excluding hydrogens is 154 g/mol. The van der Waals surface area contributed by atoms with Crippen molar-refractivity contribution < 1.29 is 24.5 Å². The fourth-order valence-electron chi connectivity index (χ4n) is 0.387. The molecule has 64 valence electrons. The van der Waals surface area contributed by atoms with Crippen LogP contribution in [0.5, 0.6) is 0 Å². The Balaban J connectivity index is 3.88. The lowest BCUT2D eigenvalue weighted by molar-refractivity contribution is -0.140. The first-order valence-electron chi connectivity index (χ1n) is 2.80. The van der Waals surface area contributed by atoms with Gasteiger partial charge in [0.1, 0.15) is 0 Å². The summed E-state index contributed by atoms with van der Waals surface area (Å²) in [5.41, 5.74) is 0. The molecule has 3 N–H and O–H groups in total. The number of carbonyl (C=O) groups excluding carboxylic acids is 1. The quantitative estimate of drug-likeness (QED) is 0.485. The van der Waals surface area contributed by atoms with Crippen molar-refractivity contribution in [2.45, 2.75) is 6.04 Å². The summed E-state index contributed by atoms with van der Waals surface area (Å²) in [6.07, 6.45) is -0.883. The molecule has 0 aromatic carbocycles. The standard InChI is InChI=1S/C5H9NO5/c1-11-5(10)6-3(2-7)4(8)9/h3,7H,2H2,1H3,(H,6,10)(H,8,9)/t3-/m1/s1. The van der Waals surface area contributed by atoms with Gasteiger partial charge in [-0.3, -0.25) is 0 Å². The zero-order valence-electron chi connectivity index (χ0n) is 5.90. The van der Waals surface area contributed by atoms with Crippen LogP contribution in [-0.4, -0.2) is 42.0 Å². The van der Waals surface area contributed by atoms with Gasteiger partial charge in [0.15, 0.2) is 6.04 Å². The highest BCUT2D eigenvalue weighted by atomic mass is 16.5. The van der Waals surface area contributed by atoms with Gasteiger partial charge in [0.2, 0.25) is 0 Å². The summed E-state index contributed by atoms with van der Waals surface area (Å²) >= 11 is 0. The molecule has 0 rings (SSSR count). The molecular formula is C5H9NO5. The highest BCUT2D eigenvalue weighted by molar-refractivity contribution is 5.79. The van der Waals surface area contributed by atoms with Crippen LogP contribution in [0, 0.1) is 0 Å². The van der Waals surface area contributed by atoms with E-state index in [1.165, 1.54) is 0 Å². The van der Waals surface area contributed by atoms with Crippen LogP contribution in [-0.2, 0) is 9.53 Å². The Labute approximate surface area is 62.8 Å². The van der Waals surface area contributed by atoms with Crippen LogP contribution < -0.4 is 5.32 Å². The van der Waals surface area contributed by atoms with Crippen LogP contribution in [0.2, 0.25) is 0 Å². The number of ether oxygens (including phenoxy) is 1. The summed E-state index contributed by atoms with van der Waals surface area (Å²) in [6.45, 7) is -0.662. The third-order valence-electron chi connectivity index (χ3n) is 0.958. The normalized spacial score (nSPS) is 11.8. The second-order valence-electron chi connectivity index (χ2n) is 1.71. The average Bonchev–Trinajstić information content (AvgIpc) is 1.99. The first-order chi connectivity index (χ1) is 5.11. The molecule has 6 heteroatoms. The lowest BCUT2D eigenvalue weighted by Crippen LogP contribution is -2.43. The number of carboxylic acids is 1. The Hall–Kier alpha value is -1.30. The van der Waals surface area contributed by atoms with E-state index in [0.717, 1.165) is 7.11 Å². The van der Waals surface area contributed by atoms with Crippen molar-refractivity contribution >= 4 is 12.1 Å². The second-order valence-corrected chi connectivity index (χ2v) is 1.71. The summed E-state index contributed by atoms with van der Waals surface area (Å²) in [5.74, 6) is -1.31. The van der Waals surface area contributed by atoms with E-state index >= 15 is 0 Å². The zero-order valence-corrected chi connectivity index (χ0v) is 5.90. The van der Waals surface area contributed by atoms with E-state index in [9.17, 15) is 9.59 Å². The number of methoxy groups -OCH3 is 1. The second kappa shape index (κ2) is 4.51. The average molecular weight is 163 g/mol. The molecule has 0 spiro atoms. The number of alkyl carbamates (subject to hydrolysis) is 1. The van der Waals surface area contributed by atoms with Crippen molar-refractivity contribution in [3.8, 4) is 0 Å². The van der Waals surface area contributed by atoms with Gasteiger partial charge in [0.25, 0.3) is 0 Å². The van der Waals surface area contributed by atoms with Gasteiger partial charge in [-0.05, 0) is 0 Å². The van der Waals surface area contributed by atoms with Crippen LogP contribution in [0.4, 0.5) is 4.79 Å². The van der Waals surface area contributed by atoms with Gasteiger partial charge in [-0.25, -0.2) is 9.59 Å². The number of nitrogens with one attached hydrogen (secondary N) is 1. The van der Waals surface area contributed by atoms with E-state index < -0.39 is 24.7 Å². The molecule has 1 atom stereocenters. The monoisotopic (exact) mass is 163 g/mol. The van der Waals surface area contributed by atoms with Gasteiger partial charge in [-0.2, -0.15) is 0 Å². The maximum Gasteiger partial charge on any atom is 0.407 e. The minimum atomic E-state index is -1.31. The fraction of sp³-hybridized carbons (Fsp3) is 0.600. The fourth-order valence-corrected chi connectivity index (χ4v) is 0.387. The highest BCUT2D eigenvalue weighted by Crippen LogP contribution is 1.83. The van der Waals surface area contributed by atoms with Crippen molar-refractivity contribution in [2.24, 2.45) is 0 Å². The molecule has 11 heavy (non-hydrogen) atoms. The third kappa shape index (κ3) is 3.41. The summed E-state index contributed by atoms with van der Waals surface area (Å²) in [4.78, 5) is 20.5. The predicted molar refractivity (Wildman–Crippen MR) is 34.1 cm³/mol. The number of rotatable bonds is 3. The topological polar surface area (TPSA) is 95.9 Å². The number of aliphatic hydroxyl groups is 1. The van der Waals surface area contributed by atoms with Crippen molar-refractivity contribution in [1.29, 1.82) is 0 Å². The molecule has 0 fully saturated rings. The Morgan fingerprint density at radius 2 is 2.18 bits per heavy atom. The first-order valence-corrected chi connectivity index (χ1v) is 2.80. The number of amides is 1. The van der Waals surface area contributed by atoms with Gasteiger partial charge >= 0.3 is 12.1 Å². The molecule has 0 bridgehead atoms. The number of aliphatic carboxylic acids is 1. The highest BCUT2D eigenvalue weighted by Gasteiger charge is 2.18. The largest absolute Gasteiger partial charge is 0.480 e. The van der Waals surface area contributed by atoms with E-state index in [2.05, 4.69) is 4.74 Å². The summed E-state index contributed by atoms with van der Waals surface area (Å²) in [6, 6.07) is -1.30. The number of hydrogen-bond donors (Lipinski definition) is 3. The molecule has 0 heterocycles. The first kappa shape index (κ1) is 9.70. The van der Waals surface area contributed by atoms with Crippen molar-refractivity contribution in [3.05, 3.63) is 0 Å². The summed E-state index contributed by atoms with van der Waals surface area (Å²) in [7, 11) is 1.10. The van der Waals surface area contributed by atoms with E-state index in [1.807, 2.05) is 5.32 Å². The van der Waals surface area contributed by atoms with Gasteiger partial charge < -0.3 is 20.3 Å². The number of hydrogen-bond acceptors (Lipinski definition) is 4. The molecule has 0 aliphatic carbocycles. The number of aliphatic hydroxyl groups excluding tert-OH is 1. The van der Waals surface area contributed by atoms with Crippen LogP contribution in [0.3, 0.4) is 0 Å². The maximum absolute atomic E-state index is 10.4. The molecule has 0 aliphatic rings. The molecule has 0 saturated carbocycles. The Morgan fingerprint density at radius 1 is 1.64 bits per heavy atom. The Bertz CT molecular complexity index is 157. The summed E-state index contributed by atoms with van der Waals surface area (Å²) in [5, 5.41) is 18.6. The molecule has 6 nitrogen and oxygen atoms in total. The molecule has 0 aromatic heterocycles. The zero-order chi connectivity index (χ0) is 8.85. The van der Waals surface area contributed by atoms with Crippen LogP contribution in [0.1, 0.15) is 0 Å². The molecule has 0 aromatic rings. The van der Waals surface area contributed by atoms with Crippen molar-refractivity contribution in [2.75, 3.05) is 13.7 Å².